The first kappa shape index (κ1) is 25.5. The molecule has 0 radical (unpaired) electrons. The predicted molar refractivity (Wildman–Crippen MR) is 116 cm³/mol. The number of ether oxygens (including phenoxy) is 7. The number of rotatable bonds is 6. The minimum absolute atomic E-state index is 0.370. The van der Waals surface area contributed by atoms with Gasteiger partial charge in [-0.15, -0.1) is 0 Å². The van der Waals surface area contributed by atoms with Crippen molar-refractivity contribution in [1.29, 1.82) is 0 Å². The highest BCUT2D eigenvalue weighted by molar-refractivity contribution is 5.66. The third kappa shape index (κ3) is 5.44. The van der Waals surface area contributed by atoms with E-state index in [4.69, 9.17) is 33.2 Å². The van der Waals surface area contributed by atoms with Crippen LogP contribution in [0.5, 0.6) is 0 Å². The van der Waals surface area contributed by atoms with Crippen molar-refractivity contribution in [2.24, 2.45) is 0 Å². The van der Waals surface area contributed by atoms with Gasteiger partial charge in [0, 0.05) is 6.92 Å². The van der Waals surface area contributed by atoms with Gasteiger partial charge in [0.15, 0.2) is 24.5 Å². The molecule has 10 atom stereocenters. The molecule has 2 N–H and O–H groups in total. The number of aliphatic hydroxyl groups is 2. The van der Waals surface area contributed by atoms with Gasteiger partial charge in [-0.25, -0.2) is 0 Å². The van der Waals surface area contributed by atoms with Gasteiger partial charge in [0.2, 0.25) is 0 Å². The van der Waals surface area contributed by atoms with Gasteiger partial charge in [0.05, 0.1) is 18.8 Å². The van der Waals surface area contributed by atoms with Crippen LogP contribution in [0.4, 0.5) is 0 Å². The fourth-order valence-corrected chi connectivity index (χ4v) is 4.69. The highest BCUT2D eigenvalue weighted by Crippen LogP contribution is 2.40. The molecule has 0 bridgehead atoms. The number of hydrogen-bond donors (Lipinski definition) is 2. The molecule has 3 heterocycles. The quantitative estimate of drug-likeness (QED) is 0.573. The van der Waals surface area contributed by atoms with Gasteiger partial charge in [0.25, 0.3) is 0 Å². The summed E-state index contributed by atoms with van der Waals surface area (Å²) >= 11 is 0. The molecule has 4 rings (SSSR count). The molecule has 1 aromatic rings. The molecular formula is C24H34O10. The summed E-state index contributed by atoms with van der Waals surface area (Å²) < 4.78 is 41.4. The van der Waals surface area contributed by atoms with Gasteiger partial charge >= 0.3 is 5.97 Å². The summed E-state index contributed by atoms with van der Waals surface area (Å²) in [5.41, 5.74) is 1.01. The maximum absolute atomic E-state index is 11.7. The second kappa shape index (κ2) is 10.2. The van der Waals surface area contributed by atoms with Crippen LogP contribution in [-0.2, 0) is 44.6 Å². The molecule has 10 nitrogen and oxygen atoms in total. The van der Waals surface area contributed by atoms with E-state index >= 15 is 0 Å². The molecule has 0 aliphatic carbocycles. The lowest BCUT2D eigenvalue weighted by Gasteiger charge is -2.45. The van der Waals surface area contributed by atoms with Crippen molar-refractivity contribution in [2.75, 3.05) is 0 Å². The Labute approximate surface area is 199 Å². The van der Waals surface area contributed by atoms with Crippen molar-refractivity contribution in [3.8, 4) is 0 Å². The fourth-order valence-electron chi connectivity index (χ4n) is 4.69. The Morgan fingerprint density at radius 3 is 2.29 bits per heavy atom. The summed E-state index contributed by atoms with van der Waals surface area (Å²) in [6, 6.07) is 9.77. The highest BCUT2D eigenvalue weighted by atomic mass is 16.8. The van der Waals surface area contributed by atoms with Crippen molar-refractivity contribution in [3.63, 3.8) is 0 Å². The predicted octanol–water partition coefficient (Wildman–Crippen LogP) is 1.25. The van der Waals surface area contributed by atoms with E-state index in [2.05, 4.69) is 0 Å². The van der Waals surface area contributed by atoms with Crippen LogP contribution in [0.25, 0.3) is 0 Å². The topological polar surface area (TPSA) is 122 Å². The van der Waals surface area contributed by atoms with E-state index in [0.29, 0.717) is 6.61 Å². The third-order valence-electron chi connectivity index (χ3n) is 6.21. The Balaban J connectivity index is 1.52. The second-order valence-electron chi connectivity index (χ2n) is 9.43. The van der Waals surface area contributed by atoms with Crippen LogP contribution in [0.1, 0.15) is 40.2 Å². The summed E-state index contributed by atoms with van der Waals surface area (Å²) in [6.07, 6.45) is -8.85. The monoisotopic (exact) mass is 482 g/mol. The molecule has 1 aromatic carbocycles. The summed E-state index contributed by atoms with van der Waals surface area (Å²) in [5, 5.41) is 20.7. The first-order valence-corrected chi connectivity index (χ1v) is 11.6. The van der Waals surface area contributed by atoms with Gasteiger partial charge in [-0.2, -0.15) is 0 Å². The Bertz CT molecular complexity index is 832. The molecule has 0 amide bonds. The van der Waals surface area contributed by atoms with Gasteiger partial charge in [0.1, 0.15) is 30.5 Å². The molecule has 34 heavy (non-hydrogen) atoms. The molecule has 3 fully saturated rings. The van der Waals surface area contributed by atoms with E-state index in [0.717, 1.165) is 5.56 Å². The Morgan fingerprint density at radius 2 is 1.62 bits per heavy atom. The number of benzene rings is 1. The van der Waals surface area contributed by atoms with Gasteiger partial charge in [-0.1, -0.05) is 30.3 Å². The van der Waals surface area contributed by atoms with Crippen LogP contribution in [-0.4, -0.2) is 83.4 Å². The van der Waals surface area contributed by atoms with Gasteiger partial charge in [-0.05, 0) is 33.3 Å². The fraction of sp³-hybridized carbons (Fsp3) is 0.708. The summed E-state index contributed by atoms with van der Waals surface area (Å²) in [6.45, 7) is 8.67. The van der Waals surface area contributed by atoms with E-state index in [-0.39, 0.29) is 0 Å². The maximum Gasteiger partial charge on any atom is 0.303 e. The minimum Gasteiger partial charge on any atom is -0.457 e. The normalized spacial score (nSPS) is 41.6. The molecule has 1 unspecified atom stereocenters. The molecule has 0 aromatic heterocycles. The SMILES string of the molecule is CC(=O)O[C@@H]1[C@H](O[C@@H]2O[C@@H](C)[C@H](OCc3ccccc3)[C@H]3OC(C)(C)O[C@@H]23)[C@@H](O)C(O)O[C@@H]1C. The van der Waals surface area contributed by atoms with Crippen LogP contribution >= 0.6 is 0 Å². The molecule has 190 valence electrons. The largest absolute Gasteiger partial charge is 0.457 e. The standard InChI is InChI=1S/C24H34O10/c1-12-17(28-11-15-9-7-6-8-10-15)20-21(34-24(4,5)33-20)23(30-12)32-19-16(26)22(27)29-13(2)18(19)31-14(3)25/h6-10,12-13,16-23,26-27H,11H2,1-5H3/t12-,13+,16+,17-,18-,19+,20+,21+,22?,23-/m0/s1. The second-order valence-corrected chi connectivity index (χ2v) is 9.43. The number of hydrogen-bond acceptors (Lipinski definition) is 10. The van der Waals surface area contributed by atoms with Crippen LogP contribution in [0, 0.1) is 0 Å². The third-order valence-corrected chi connectivity index (χ3v) is 6.21. The molecular weight excluding hydrogens is 448 g/mol. The summed E-state index contributed by atoms with van der Waals surface area (Å²) in [7, 11) is 0. The van der Waals surface area contributed by atoms with E-state index in [1.54, 1.807) is 20.8 Å². The molecule has 3 aliphatic heterocycles. The van der Waals surface area contributed by atoms with Crippen LogP contribution in [0.15, 0.2) is 30.3 Å². The number of esters is 1. The zero-order chi connectivity index (χ0) is 24.6. The van der Waals surface area contributed by atoms with Crippen molar-refractivity contribution >= 4 is 5.97 Å². The molecule has 3 saturated heterocycles. The maximum atomic E-state index is 11.7. The molecule has 3 aliphatic rings. The van der Waals surface area contributed by atoms with E-state index in [1.807, 2.05) is 37.3 Å². The number of carbonyl (C=O) groups is 1. The molecule has 10 heteroatoms. The lowest BCUT2D eigenvalue weighted by molar-refractivity contribution is -0.344. The Kier molecular flexibility index (Phi) is 7.61. The zero-order valence-corrected chi connectivity index (χ0v) is 20.0. The number of aliphatic hydroxyl groups excluding tert-OH is 2. The van der Waals surface area contributed by atoms with Crippen molar-refractivity contribution in [2.45, 2.75) is 108 Å². The molecule has 0 saturated carbocycles. The zero-order valence-electron chi connectivity index (χ0n) is 20.0. The van der Waals surface area contributed by atoms with Crippen LogP contribution < -0.4 is 0 Å². The lowest BCUT2D eigenvalue weighted by Crippen LogP contribution is -2.63. The van der Waals surface area contributed by atoms with Gasteiger partial charge in [-0.3, -0.25) is 4.79 Å². The summed E-state index contributed by atoms with van der Waals surface area (Å²) in [5.74, 6) is -1.49. The average molecular weight is 483 g/mol. The van der Waals surface area contributed by atoms with Gasteiger partial charge < -0.3 is 43.4 Å². The first-order valence-electron chi connectivity index (χ1n) is 11.6. The Morgan fingerprint density at radius 1 is 0.971 bits per heavy atom. The summed E-state index contributed by atoms with van der Waals surface area (Å²) in [4.78, 5) is 11.7. The Hall–Kier alpha value is -1.63. The lowest BCUT2D eigenvalue weighted by atomic mass is 9.97. The minimum atomic E-state index is -1.51. The van der Waals surface area contributed by atoms with E-state index < -0.39 is 73.2 Å². The highest BCUT2D eigenvalue weighted by Gasteiger charge is 2.57. The number of carbonyl (C=O) groups excluding carboxylic acids is 1. The van der Waals surface area contributed by atoms with Crippen molar-refractivity contribution in [1.82, 2.24) is 0 Å². The van der Waals surface area contributed by atoms with E-state index in [1.165, 1.54) is 6.92 Å². The average Bonchev–Trinajstić information content (AvgIpc) is 3.09. The van der Waals surface area contributed by atoms with E-state index in [9.17, 15) is 15.0 Å². The van der Waals surface area contributed by atoms with Crippen LogP contribution in [0.2, 0.25) is 0 Å². The number of fused-ring (bicyclic) bond motifs is 1. The van der Waals surface area contributed by atoms with Crippen molar-refractivity contribution in [3.05, 3.63) is 35.9 Å². The first-order chi connectivity index (χ1) is 16.1. The van der Waals surface area contributed by atoms with Crippen LogP contribution in [0.3, 0.4) is 0 Å². The smallest absolute Gasteiger partial charge is 0.303 e. The molecule has 0 spiro atoms. The van der Waals surface area contributed by atoms with Crippen molar-refractivity contribution < 1.29 is 48.2 Å².